The summed E-state index contributed by atoms with van der Waals surface area (Å²) >= 11 is 0. The van der Waals surface area contributed by atoms with Gasteiger partial charge in [-0.1, -0.05) is 6.92 Å². The summed E-state index contributed by atoms with van der Waals surface area (Å²) in [5.41, 5.74) is 0. The lowest BCUT2D eigenvalue weighted by molar-refractivity contribution is 0.158. The molecule has 0 aromatic carbocycles. The molecule has 6 heteroatoms. The number of rotatable bonds is 4. The van der Waals surface area contributed by atoms with Crippen LogP contribution in [0.2, 0.25) is 0 Å². The van der Waals surface area contributed by atoms with E-state index in [9.17, 15) is 13.2 Å². The molecular weight excluding hydrogens is 182 g/mol. The van der Waals surface area contributed by atoms with E-state index in [1.807, 2.05) is 0 Å². The largest absolute Gasteiger partial charge is 0.449 e. The van der Waals surface area contributed by atoms with Gasteiger partial charge in [-0.25, -0.2) is 17.9 Å². The van der Waals surface area contributed by atoms with E-state index in [-0.39, 0.29) is 12.4 Å². The summed E-state index contributed by atoms with van der Waals surface area (Å²) in [7, 11) is -3.48. The second-order valence-corrected chi connectivity index (χ2v) is 3.98. The van der Waals surface area contributed by atoms with Crippen molar-refractivity contribution in [3.05, 3.63) is 0 Å². The Hall–Kier alpha value is -0.780. The number of carbonyl (C=O) groups excluding carboxylic acids is 1. The molecule has 5 nitrogen and oxygen atoms in total. The summed E-state index contributed by atoms with van der Waals surface area (Å²) in [5.74, 6) is -0.0637. The van der Waals surface area contributed by atoms with Gasteiger partial charge < -0.3 is 4.74 Å². The smallest absolute Gasteiger partial charge is 0.420 e. The van der Waals surface area contributed by atoms with Gasteiger partial charge in [-0.3, -0.25) is 0 Å². The summed E-state index contributed by atoms with van der Waals surface area (Å²) in [6.07, 6.45) is -0.444. The van der Waals surface area contributed by atoms with Gasteiger partial charge in [0.15, 0.2) is 0 Å². The summed E-state index contributed by atoms with van der Waals surface area (Å²) in [6, 6.07) is 0. The molecule has 0 radical (unpaired) electrons. The molecular formula is C6H13NO4S. The predicted molar refractivity (Wildman–Crippen MR) is 44.2 cm³/mol. The number of hydrogen-bond donors (Lipinski definition) is 1. The van der Waals surface area contributed by atoms with Crippen LogP contribution in [-0.4, -0.2) is 26.9 Å². The first-order valence-electron chi connectivity index (χ1n) is 3.69. The zero-order valence-electron chi connectivity index (χ0n) is 7.16. The third-order valence-electron chi connectivity index (χ3n) is 0.987. The van der Waals surface area contributed by atoms with Crippen molar-refractivity contribution >= 4 is 16.1 Å². The molecule has 0 fully saturated rings. The van der Waals surface area contributed by atoms with E-state index in [2.05, 4.69) is 4.74 Å². The Labute approximate surface area is 72.1 Å². The number of amides is 1. The van der Waals surface area contributed by atoms with E-state index >= 15 is 0 Å². The Morgan fingerprint density at radius 1 is 1.42 bits per heavy atom. The molecule has 1 N–H and O–H groups in total. The van der Waals surface area contributed by atoms with Crippen molar-refractivity contribution in [3.63, 3.8) is 0 Å². The van der Waals surface area contributed by atoms with Gasteiger partial charge in [0.25, 0.3) is 0 Å². The Bertz CT molecular complexity index is 234. The molecule has 72 valence electrons. The molecule has 12 heavy (non-hydrogen) atoms. The van der Waals surface area contributed by atoms with E-state index < -0.39 is 16.1 Å². The standard InChI is InChI=1S/C6H13NO4S/c1-3-5-12(9,10)7-6(8)11-4-2/h3-5H2,1-2H3,(H,7,8). The van der Waals surface area contributed by atoms with E-state index in [0.29, 0.717) is 6.42 Å². The van der Waals surface area contributed by atoms with Gasteiger partial charge in [0, 0.05) is 0 Å². The Kier molecular flexibility index (Phi) is 4.65. The molecule has 0 aliphatic carbocycles. The molecule has 0 aliphatic rings. The minimum absolute atomic E-state index is 0.0637. The van der Waals surface area contributed by atoms with Crippen LogP contribution in [0.15, 0.2) is 0 Å². The number of sulfonamides is 1. The Morgan fingerprint density at radius 3 is 2.42 bits per heavy atom. The number of ether oxygens (including phenoxy) is 1. The molecule has 1 amide bonds. The molecule has 0 unspecified atom stereocenters. The monoisotopic (exact) mass is 195 g/mol. The van der Waals surface area contributed by atoms with Crippen LogP contribution in [0.3, 0.4) is 0 Å². The fraction of sp³-hybridized carbons (Fsp3) is 0.833. The minimum Gasteiger partial charge on any atom is -0.449 e. The van der Waals surface area contributed by atoms with Crippen LogP contribution in [0.5, 0.6) is 0 Å². The first-order valence-corrected chi connectivity index (χ1v) is 5.34. The lowest BCUT2D eigenvalue weighted by Crippen LogP contribution is -2.32. The summed E-state index contributed by atoms with van der Waals surface area (Å²) < 4.78 is 28.0. The third kappa shape index (κ3) is 4.95. The van der Waals surface area contributed by atoms with Crippen molar-refractivity contribution in [1.29, 1.82) is 0 Å². The Morgan fingerprint density at radius 2 is 2.00 bits per heavy atom. The van der Waals surface area contributed by atoms with Crippen LogP contribution in [0.4, 0.5) is 4.79 Å². The third-order valence-corrected chi connectivity index (χ3v) is 2.41. The van der Waals surface area contributed by atoms with Crippen LogP contribution in [0.25, 0.3) is 0 Å². The van der Waals surface area contributed by atoms with Gasteiger partial charge in [0.05, 0.1) is 12.4 Å². The number of hydrogen-bond acceptors (Lipinski definition) is 4. The molecule has 0 saturated carbocycles. The fourth-order valence-corrected chi connectivity index (χ4v) is 1.56. The first kappa shape index (κ1) is 11.2. The van der Waals surface area contributed by atoms with Crippen molar-refractivity contribution in [2.24, 2.45) is 0 Å². The van der Waals surface area contributed by atoms with Gasteiger partial charge in [-0.2, -0.15) is 0 Å². The quantitative estimate of drug-likeness (QED) is 0.707. The molecule has 0 aromatic rings. The van der Waals surface area contributed by atoms with Crippen molar-refractivity contribution in [1.82, 2.24) is 4.72 Å². The highest BCUT2D eigenvalue weighted by Gasteiger charge is 2.12. The molecule has 0 aliphatic heterocycles. The maximum atomic E-state index is 10.9. The molecule has 0 rings (SSSR count). The second kappa shape index (κ2) is 4.97. The minimum atomic E-state index is -3.48. The van der Waals surface area contributed by atoms with Gasteiger partial charge in [0.1, 0.15) is 0 Å². The molecule has 0 saturated heterocycles. The SMILES string of the molecule is CCCS(=O)(=O)NC(=O)OCC. The molecule has 0 heterocycles. The van der Waals surface area contributed by atoms with Crippen molar-refractivity contribution < 1.29 is 17.9 Å². The normalized spacial score (nSPS) is 10.8. The van der Waals surface area contributed by atoms with Crippen LogP contribution in [0.1, 0.15) is 20.3 Å². The summed E-state index contributed by atoms with van der Waals surface area (Å²) in [6.45, 7) is 3.48. The zero-order chi connectivity index (χ0) is 9.61. The van der Waals surface area contributed by atoms with Gasteiger partial charge in [-0.05, 0) is 13.3 Å². The van der Waals surface area contributed by atoms with Gasteiger partial charge >= 0.3 is 6.09 Å². The zero-order valence-corrected chi connectivity index (χ0v) is 7.98. The van der Waals surface area contributed by atoms with Crippen molar-refractivity contribution in [3.8, 4) is 0 Å². The van der Waals surface area contributed by atoms with E-state index in [4.69, 9.17) is 0 Å². The molecule has 0 bridgehead atoms. The van der Waals surface area contributed by atoms with Crippen LogP contribution < -0.4 is 4.72 Å². The van der Waals surface area contributed by atoms with E-state index in [1.165, 1.54) is 0 Å². The van der Waals surface area contributed by atoms with Gasteiger partial charge in [0.2, 0.25) is 10.0 Å². The van der Waals surface area contributed by atoms with E-state index in [0.717, 1.165) is 0 Å². The van der Waals surface area contributed by atoms with Crippen LogP contribution in [-0.2, 0) is 14.8 Å². The fourth-order valence-electron chi connectivity index (χ4n) is 0.607. The number of nitrogens with one attached hydrogen (secondary N) is 1. The van der Waals surface area contributed by atoms with E-state index in [1.54, 1.807) is 18.6 Å². The van der Waals surface area contributed by atoms with Crippen molar-refractivity contribution in [2.75, 3.05) is 12.4 Å². The first-order chi connectivity index (χ1) is 5.52. The highest BCUT2D eigenvalue weighted by atomic mass is 32.2. The Balaban J connectivity index is 3.98. The van der Waals surface area contributed by atoms with Crippen molar-refractivity contribution in [2.45, 2.75) is 20.3 Å². The highest BCUT2D eigenvalue weighted by Crippen LogP contribution is 1.89. The average molecular weight is 195 g/mol. The van der Waals surface area contributed by atoms with Crippen LogP contribution >= 0.6 is 0 Å². The molecule has 0 aromatic heterocycles. The molecule has 0 spiro atoms. The molecule has 0 atom stereocenters. The topological polar surface area (TPSA) is 72.5 Å². The lowest BCUT2D eigenvalue weighted by atomic mass is 10.6. The average Bonchev–Trinajstić information content (AvgIpc) is 1.85. The second-order valence-electron chi connectivity index (χ2n) is 2.14. The maximum Gasteiger partial charge on any atom is 0.420 e. The highest BCUT2D eigenvalue weighted by molar-refractivity contribution is 7.90. The summed E-state index contributed by atoms with van der Waals surface area (Å²) in [5, 5.41) is 0. The summed E-state index contributed by atoms with van der Waals surface area (Å²) in [4.78, 5) is 10.6. The van der Waals surface area contributed by atoms with Gasteiger partial charge in [-0.15, -0.1) is 0 Å². The predicted octanol–water partition coefficient (Wildman–Crippen LogP) is 0.472. The van der Waals surface area contributed by atoms with Crippen LogP contribution in [0, 0.1) is 0 Å². The lowest BCUT2D eigenvalue weighted by Gasteiger charge is -2.04. The number of carbonyl (C=O) groups is 1. The maximum absolute atomic E-state index is 10.9.